The summed E-state index contributed by atoms with van der Waals surface area (Å²) in [6, 6.07) is 1.80. The number of hydrogen-bond acceptors (Lipinski definition) is 3. The predicted octanol–water partition coefficient (Wildman–Crippen LogP) is 1.65. The Morgan fingerprint density at radius 2 is 2.40 bits per heavy atom. The average molecular weight is 271 g/mol. The molecule has 1 aliphatic rings. The molecular formula is C16H21N3O. The van der Waals surface area contributed by atoms with Gasteiger partial charge in [-0.1, -0.05) is 25.2 Å². The van der Waals surface area contributed by atoms with Crippen molar-refractivity contribution >= 4 is 5.91 Å². The van der Waals surface area contributed by atoms with Crippen LogP contribution in [0.15, 0.2) is 18.5 Å². The molecule has 1 unspecified atom stereocenters. The Hall–Kier alpha value is -1.86. The summed E-state index contributed by atoms with van der Waals surface area (Å²) >= 11 is 0. The molecule has 1 fully saturated rings. The summed E-state index contributed by atoms with van der Waals surface area (Å²) in [6.45, 7) is 4.21. The zero-order valence-corrected chi connectivity index (χ0v) is 11.9. The summed E-state index contributed by atoms with van der Waals surface area (Å²) < 4.78 is 0. The Bertz CT molecular complexity index is 530. The number of nitrogens with two attached hydrogens (primary N) is 1. The number of carbonyl (C=O) groups is 1. The van der Waals surface area contributed by atoms with Gasteiger partial charge in [0.15, 0.2) is 0 Å². The molecule has 20 heavy (non-hydrogen) atoms. The van der Waals surface area contributed by atoms with Crippen LogP contribution in [0.1, 0.15) is 42.1 Å². The molecule has 2 rings (SSSR count). The van der Waals surface area contributed by atoms with Gasteiger partial charge in [0.05, 0.1) is 12.1 Å². The first-order valence-corrected chi connectivity index (χ1v) is 7.17. The minimum absolute atomic E-state index is 0.0625. The monoisotopic (exact) mass is 271 g/mol. The molecule has 2 heterocycles. The fourth-order valence-corrected chi connectivity index (χ4v) is 2.62. The van der Waals surface area contributed by atoms with Crippen molar-refractivity contribution < 1.29 is 4.79 Å². The maximum Gasteiger partial charge on any atom is 0.255 e. The lowest BCUT2D eigenvalue weighted by atomic mass is 10.0. The number of amides is 1. The van der Waals surface area contributed by atoms with Gasteiger partial charge < -0.3 is 10.6 Å². The highest BCUT2D eigenvalue weighted by molar-refractivity contribution is 5.94. The molecular weight excluding hydrogens is 250 g/mol. The molecule has 0 bridgehead atoms. The third-order valence-electron chi connectivity index (χ3n) is 3.59. The summed E-state index contributed by atoms with van der Waals surface area (Å²) in [5.74, 6) is 6.40. The van der Waals surface area contributed by atoms with E-state index >= 15 is 0 Å². The van der Waals surface area contributed by atoms with Crippen molar-refractivity contribution in [1.82, 2.24) is 9.88 Å². The molecule has 1 atom stereocenters. The molecule has 0 saturated carbocycles. The topological polar surface area (TPSA) is 59.2 Å². The maximum atomic E-state index is 12.4. The van der Waals surface area contributed by atoms with Crippen LogP contribution >= 0.6 is 0 Å². The Balaban J connectivity index is 2.06. The van der Waals surface area contributed by atoms with Gasteiger partial charge in [-0.25, -0.2) is 0 Å². The highest BCUT2D eigenvalue weighted by atomic mass is 16.2. The van der Waals surface area contributed by atoms with Crippen molar-refractivity contribution in [3.05, 3.63) is 29.6 Å². The first-order valence-electron chi connectivity index (χ1n) is 7.17. The molecule has 4 nitrogen and oxygen atoms in total. The molecule has 2 N–H and O–H groups in total. The van der Waals surface area contributed by atoms with E-state index in [4.69, 9.17) is 5.73 Å². The van der Waals surface area contributed by atoms with Gasteiger partial charge in [-0.2, -0.15) is 0 Å². The molecule has 0 aromatic carbocycles. The SMILES string of the molecule is CCCC1CCN(C(=O)c2cncc(C#CCN)c2)C1. The van der Waals surface area contributed by atoms with Gasteiger partial charge in [-0.05, 0) is 24.8 Å². The fourth-order valence-electron chi connectivity index (χ4n) is 2.62. The van der Waals surface area contributed by atoms with E-state index in [0.717, 1.165) is 25.1 Å². The van der Waals surface area contributed by atoms with E-state index < -0.39 is 0 Å². The molecule has 4 heteroatoms. The minimum atomic E-state index is 0.0625. The van der Waals surface area contributed by atoms with E-state index in [-0.39, 0.29) is 5.91 Å². The zero-order chi connectivity index (χ0) is 14.4. The molecule has 1 aromatic rings. The standard InChI is InChI=1S/C16H21N3O/c1-2-4-13-6-8-19(12-13)16(20)15-9-14(5-3-7-17)10-18-11-15/h9-11,13H,2,4,6-8,12,17H2,1H3. The van der Waals surface area contributed by atoms with Crippen molar-refractivity contribution in [2.45, 2.75) is 26.2 Å². The third-order valence-corrected chi connectivity index (χ3v) is 3.59. The molecule has 0 aliphatic carbocycles. The number of pyridine rings is 1. The Morgan fingerprint density at radius 1 is 1.55 bits per heavy atom. The molecule has 1 aromatic heterocycles. The zero-order valence-electron chi connectivity index (χ0n) is 11.9. The van der Waals surface area contributed by atoms with Gasteiger partial charge in [0.2, 0.25) is 0 Å². The quantitative estimate of drug-likeness (QED) is 0.850. The third kappa shape index (κ3) is 3.58. The molecule has 1 saturated heterocycles. The van der Waals surface area contributed by atoms with Gasteiger partial charge in [0.1, 0.15) is 0 Å². The lowest BCUT2D eigenvalue weighted by molar-refractivity contribution is 0.0786. The molecule has 0 radical (unpaired) electrons. The van der Waals surface area contributed by atoms with E-state index in [1.165, 1.54) is 12.8 Å². The number of aromatic nitrogens is 1. The summed E-state index contributed by atoms with van der Waals surface area (Å²) in [6.07, 6.45) is 6.76. The van der Waals surface area contributed by atoms with Crippen LogP contribution in [0, 0.1) is 17.8 Å². The minimum Gasteiger partial charge on any atom is -0.338 e. The number of likely N-dealkylation sites (tertiary alicyclic amines) is 1. The van der Waals surface area contributed by atoms with E-state index in [9.17, 15) is 4.79 Å². The molecule has 0 spiro atoms. The van der Waals surface area contributed by atoms with Gasteiger partial charge >= 0.3 is 0 Å². The fraction of sp³-hybridized carbons (Fsp3) is 0.500. The van der Waals surface area contributed by atoms with Gasteiger partial charge in [0, 0.05) is 31.0 Å². The van der Waals surface area contributed by atoms with Crippen LogP contribution in [0.4, 0.5) is 0 Å². The number of hydrogen-bond donors (Lipinski definition) is 1. The van der Waals surface area contributed by atoms with E-state index in [1.807, 2.05) is 4.90 Å². The van der Waals surface area contributed by atoms with Crippen LogP contribution in [-0.2, 0) is 0 Å². The van der Waals surface area contributed by atoms with Crippen molar-refractivity contribution in [3.8, 4) is 11.8 Å². The van der Waals surface area contributed by atoms with Crippen molar-refractivity contribution in [2.75, 3.05) is 19.6 Å². The largest absolute Gasteiger partial charge is 0.338 e. The van der Waals surface area contributed by atoms with Crippen molar-refractivity contribution in [3.63, 3.8) is 0 Å². The Kier molecular flexibility index (Phi) is 5.14. The van der Waals surface area contributed by atoms with Gasteiger partial charge in [0.25, 0.3) is 5.91 Å². The van der Waals surface area contributed by atoms with Crippen LogP contribution in [0.2, 0.25) is 0 Å². The Morgan fingerprint density at radius 3 is 3.15 bits per heavy atom. The molecule has 1 aliphatic heterocycles. The first-order chi connectivity index (χ1) is 9.74. The summed E-state index contributed by atoms with van der Waals surface area (Å²) in [7, 11) is 0. The number of nitrogens with zero attached hydrogens (tertiary/aromatic N) is 2. The second-order valence-corrected chi connectivity index (χ2v) is 5.16. The number of rotatable bonds is 3. The molecule has 1 amide bonds. The smallest absolute Gasteiger partial charge is 0.255 e. The highest BCUT2D eigenvalue weighted by Gasteiger charge is 2.26. The predicted molar refractivity (Wildman–Crippen MR) is 79.1 cm³/mol. The molecule has 106 valence electrons. The van der Waals surface area contributed by atoms with Gasteiger partial charge in [-0.15, -0.1) is 0 Å². The van der Waals surface area contributed by atoms with Crippen LogP contribution in [-0.4, -0.2) is 35.4 Å². The summed E-state index contributed by atoms with van der Waals surface area (Å²) in [5.41, 5.74) is 6.71. The normalized spacial score (nSPS) is 17.7. The van der Waals surface area contributed by atoms with Gasteiger partial charge in [-0.3, -0.25) is 9.78 Å². The van der Waals surface area contributed by atoms with Crippen LogP contribution in [0.3, 0.4) is 0 Å². The van der Waals surface area contributed by atoms with E-state index in [0.29, 0.717) is 18.0 Å². The van der Waals surface area contributed by atoms with E-state index in [2.05, 4.69) is 23.7 Å². The van der Waals surface area contributed by atoms with Crippen molar-refractivity contribution in [1.29, 1.82) is 0 Å². The second kappa shape index (κ2) is 7.06. The van der Waals surface area contributed by atoms with Crippen LogP contribution in [0.5, 0.6) is 0 Å². The summed E-state index contributed by atoms with van der Waals surface area (Å²) in [5, 5.41) is 0. The van der Waals surface area contributed by atoms with Crippen LogP contribution < -0.4 is 5.73 Å². The van der Waals surface area contributed by atoms with E-state index in [1.54, 1.807) is 18.5 Å². The number of carbonyl (C=O) groups excluding carboxylic acids is 1. The van der Waals surface area contributed by atoms with Crippen LogP contribution in [0.25, 0.3) is 0 Å². The lowest BCUT2D eigenvalue weighted by Crippen LogP contribution is -2.28. The average Bonchev–Trinajstić information content (AvgIpc) is 2.93. The highest BCUT2D eigenvalue weighted by Crippen LogP contribution is 2.22. The van der Waals surface area contributed by atoms with Crippen molar-refractivity contribution in [2.24, 2.45) is 11.7 Å². The first kappa shape index (κ1) is 14.5. The maximum absolute atomic E-state index is 12.4. The lowest BCUT2D eigenvalue weighted by Gasteiger charge is -2.16. The summed E-state index contributed by atoms with van der Waals surface area (Å²) in [4.78, 5) is 18.5. The Labute approximate surface area is 120 Å². The second-order valence-electron chi connectivity index (χ2n) is 5.16.